The zero-order chi connectivity index (χ0) is 27.9. The van der Waals surface area contributed by atoms with Crippen LogP contribution in [0.4, 0.5) is 5.69 Å². The van der Waals surface area contributed by atoms with Gasteiger partial charge in [-0.15, -0.1) is 0 Å². The van der Waals surface area contributed by atoms with Crippen molar-refractivity contribution in [2.24, 2.45) is 11.8 Å². The summed E-state index contributed by atoms with van der Waals surface area (Å²) in [6, 6.07) is 7.17. The quantitative estimate of drug-likeness (QED) is 0.382. The van der Waals surface area contributed by atoms with E-state index in [1.165, 1.54) is 0 Å². The molecule has 1 unspecified atom stereocenters. The first-order valence-corrected chi connectivity index (χ1v) is 14.0. The third-order valence-corrected chi connectivity index (χ3v) is 7.90. The molecular formula is C30H41N3O6. The van der Waals surface area contributed by atoms with Gasteiger partial charge in [-0.1, -0.05) is 40.0 Å². The van der Waals surface area contributed by atoms with Gasteiger partial charge in [-0.25, -0.2) is 0 Å². The van der Waals surface area contributed by atoms with Gasteiger partial charge >= 0.3 is 5.97 Å². The molecule has 39 heavy (non-hydrogen) atoms. The number of fused-ring (bicyclic) bond motifs is 1. The Hall–Kier alpha value is -3.33. The van der Waals surface area contributed by atoms with E-state index in [1.54, 1.807) is 24.4 Å². The maximum atomic E-state index is 13.8. The van der Waals surface area contributed by atoms with Crippen LogP contribution in [0.2, 0.25) is 0 Å². The van der Waals surface area contributed by atoms with Crippen molar-refractivity contribution in [3.8, 4) is 17.2 Å². The molecular weight excluding hydrogens is 498 g/mol. The molecule has 2 aliphatic rings. The zero-order valence-electron chi connectivity index (χ0n) is 23.5. The number of nitrogens with zero attached hydrogens (tertiary/aromatic N) is 3. The predicted octanol–water partition coefficient (Wildman–Crippen LogP) is 4.95. The van der Waals surface area contributed by atoms with Crippen LogP contribution in [0.25, 0.3) is 0 Å². The first kappa shape index (κ1) is 28.7. The van der Waals surface area contributed by atoms with E-state index in [4.69, 9.17) is 14.2 Å². The molecule has 1 saturated heterocycles. The van der Waals surface area contributed by atoms with Gasteiger partial charge in [-0.3, -0.25) is 19.5 Å². The van der Waals surface area contributed by atoms with E-state index in [0.717, 1.165) is 36.9 Å². The number of hydrogen-bond acceptors (Lipinski definition) is 7. The molecule has 1 amide bonds. The summed E-state index contributed by atoms with van der Waals surface area (Å²) in [7, 11) is 1.56. The molecule has 0 aliphatic carbocycles. The Labute approximate surface area is 231 Å². The number of aromatic nitrogens is 1. The van der Waals surface area contributed by atoms with Gasteiger partial charge in [-0.05, 0) is 48.6 Å². The van der Waals surface area contributed by atoms with Gasteiger partial charge in [0.1, 0.15) is 0 Å². The summed E-state index contributed by atoms with van der Waals surface area (Å²) in [5.74, 6) is 0.0455. The number of unbranched alkanes of at least 4 members (excludes halogenated alkanes) is 1. The number of amides is 1. The van der Waals surface area contributed by atoms with Crippen LogP contribution in [0, 0.1) is 11.8 Å². The largest absolute Gasteiger partial charge is 0.493 e. The number of rotatable bonds is 13. The van der Waals surface area contributed by atoms with E-state index in [-0.39, 0.29) is 31.2 Å². The highest BCUT2D eigenvalue weighted by Gasteiger charge is 2.48. The monoisotopic (exact) mass is 539 g/mol. The van der Waals surface area contributed by atoms with Crippen LogP contribution in [-0.4, -0.2) is 66.4 Å². The number of aliphatic carboxylic acids is 1. The number of pyridine rings is 1. The van der Waals surface area contributed by atoms with Gasteiger partial charge in [0.05, 0.1) is 31.5 Å². The molecule has 0 bridgehead atoms. The number of likely N-dealkylation sites (tertiary alicyclic amines) is 1. The molecule has 9 heteroatoms. The fourth-order valence-electron chi connectivity index (χ4n) is 6.00. The second-order valence-electron chi connectivity index (χ2n) is 10.7. The number of benzene rings is 1. The molecule has 1 N–H and O–H groups in total. The summed E-state index contributed by atoms with van der Waals surface area (Å²) in [4.78, 5) is 34.7. The van der Waals surface area contributed by atoms with Gasteiger partial charge in [0.25, 0.3) is 0 Å². The highest BCUT2D eigenvalue weighted by Crippen LogP contribution is 2.47. The number of ether oxygens (including phenoxy) is 3. The highest BCUT2D eigenvalue weighted by atomic mass is 16.7. The number of anilines is 1. The molecule has 0 spiro atoms. The van der Waals surface area contributed by atoms with Crippen LogP contribution in [0.3, 0.4) is 0 Å². The van der Waals surface area contributed by atoms with Crippen molar-refractivity contribution in [1.29, 1.82) is 0 Å². The third-order valence-electron chi connectivity index (χ3n) is 7.90. The third kappa shape index (κ3) is 6.46. The van der Waals surface area contributed by atoms with Gasteiger partial charge in [0.2, 0.25) is 18.4 Å². The average molecular weight is 540 g/mol. The zero-order valence-corrected chi connectivity index (χ0v) is 23.5. The van der Waals surface area contributed by atoms with Crippen molar-refractivity contribution in [1.82, 2.24) is 9.88 Å². The number of carbonyl (C=O) groups is 2. The normalized spacial score (nSPS) is 21.1. The van der Waals surface area contributed by atoms with E-state index in [1.807, 2.05) is 24.3 Å². The molecule has 1 aromatic heterocycles. The SMILES string of the molecule is CCCCN(C(=O)CN1C[C@H](c2cc(OC)c3c(c2)OCO3)[C@@H](C(=O)O)[C@@H]1CC(C)CCC)c1cccnc1. The summed E-state index contributed by atoms with van der Waals surface area (Å²) in [5, 5.41) is 10.5. The van der Waals surface area contributed by atoms with Crippen molar-refractivity contribution in [2.75, 3.05) is 38.4 Å². The van der Waals surface area contributed by atoms with Crippen LogP contribution in [0.1, 0.15) is 64.4 Å². The molecule has 2 aliphatic heterocycles. The number of methoxy groups -OCH3 is 1. The number of carboxylic acids is 1. The summed E-state index contributed by atoms with van der Waals surface area (Å²) < 4.78 is 16.8. The lowest BCUT2D eigenvalue weighted by atomic mass is 9.81. The van der Waals surface area contributed by atoms with E-state index < -0.39 is 11.9 Å². The van der Waals surface area contributed by atoms with Crippen molar-refractivity contribution < 1.29 is 28.9 Å². The standard InChI is InChI=1S/C30H41N3O6/c1-5-7-12-33(22-10-8-11-31-16-22)27(34)18-32-17-23(28(30(35)36)24(32)13-20(3)9-6-2)21-14-25(37-4)29-26(15-21)38-19-39-29/h8,10-11,14-16,20,23-24,28H,5-7,9,12-13,17-19H2,1-4H3,(H,35,36)/t20?,23-,24+,28-/m1/s1. The second kappa shape index (κ2) is 13.2. The summed E-state index contributed by atoms with van der Waals surface area (Å²) in [6.07, 6.45) is 7.97. The Kier molecular flexibility index (Phi) is 9.67. The predicted molar refractivity (Wildman–Crippen MR) is 149 cm³/mol. The molecule has 4 rings (SSSR count). The topological polar surface area (TPSA) is 101 Å². The van der Waals surface area contributed by atoms with E-state index >= 15 is 0 Å². The molecule has 0 radical (unpaired) electrons. The number of carbonyl (C=O) groups excluding carboxylic acids is 1. The summed E-state index contributed by atoms with van der Waals surface area (Å²) >= 11 is 0. The van der Waals surface area contributed by atoms with Crippen LogP contribution in [0.15, 0.2) is 36.7 Å². The molecule has 2 aromatic rings. The highest BCUT2D eigenvalue weighted by molar-refractivity contribution is 5.94. The molecule has 0 saturated carbocycles. The summed E-state index contributed by atoms with van der Waals surface area (Å²) in [5.41, 5.74) is 1.58. The Morgan fingerprint density at radius 2 is 2.08 bits per heavy atom. The molecule has 4 atom stereocenters. The number of carboxylic acid groups (broad SMARTS) is 1. The average Bonchev–Trinajstić information content (AvgIpc) is 3.54. The smallest absolute Gasteiger partial charge is 0.308 e. The number of hydrogen-bond donors (Lipinski definition) is 1. The van der Waals surface area contributed by atoms with Crippen LogP contribution in [-0.2, 0) is 9.59 Å². The lowest BCUT2D eigenvalue weighted by Crippen LogP contribution is -2.45. The maximum Gasteiger partial charge on any atom is 0.308 e. The van der Waals surface area contributed by atoms with E-state index in [2.05, 4.69) is 30.7 Å². The lowest BCUT2D eigenvalue weighted by Gasteiger charge is -2.31. The Morgan fingerprint density at radius 1 is 1.26 bits per heavy atom. The molecule has 1 aromatic carbocycles. The van der Waals surface area contributed by atoms with Crippen molar-refractivity contribution in [2.45, 2.75) is 64.8 Å². The lowest BCUT2D eigenvalue weighted by molar-refractivity contribution is -0.143. The van der Waals surface area contributed by atoms with E-state index in [9.17, 15) is 14.7 Å². The Balaban J connectivity index is 1.67. The first-order chi connectivity index (χ1) is 18.9. The minimum absolute atomic E-state index is 0.0438. The van der Waals surface area contributed by atoms with Gasteiger partial charge in [-0.2, -0.15) is 0 Å². The molecule has 3 heterocycles. The summed E-state index contributed by atoms with van der Waals surface area (Å²) in [6.45, 7) is 7.69. The maximum absolute atomic E-state index is 13.8. The minimum atomic E-state index is -0.852. The minimum Gasteiger partial charge on any atom is -0.493 e. The fourth-order valence-corrected chi connectivity index (χ4v) is 6.00. The van der Waals surface area contributed by atoms with Gasteiger partial charge < -0.3 is 24.2 Å². The molecule has 212 valence electrons. The van der Waals surface area contributed by atoms with Gasteiger partial charge in [0, 0.05) is 31.2 Å². The van der Waals surface area contributed by atoms with Crippen LogP contribution >= 0.6 is 0 Å². The van der Waals surface area contributed by atoms with Gasteiger partial charge in [0.15, 0.2) is 11.5 Å². The van der Waals surface area contributed by atoms with Crippen molar-refractivity contribution >= 4 is 17.6 Å². The molecule has 1 fully saturated rings. The Morgan fingerprint density at radius 3 is 2.74 bits per heavy atom. The van der Waals surface area contributed by atoms with Crippen LogP contribution in [0.5, 0.6) is 17.2 Å². The van der Waals surface area contributed by atoms with Crippen molar-refractivity contribution in [3.63, 3.8) is 0 Å². The fraction of sp³-hybridized carbons (Fsp3) is 0.567. The molecule has 9 nitrogen and oxygen atoms in total. The first-order valence-electron chi connectivity index (χ1n) is 14.0. The van der Waals surface area contributed by atoms with Crippen LogP contribution < -0.4 is 19.1 Å². The van der Waals surface area contributed by atoms with E-state index in [0.29, 0.717) is 42.7 Å². The Bertz CT molecular complexity index is 1130. The second-order valence-corrected chi connectivity index (χ2v) is 10.7. The van der Waals surface area contributed by atoms with Crippen molar-refractivity contribution in [3.05, 3.63) is 42.2 Å².